The van der Waals surface area contributed by atoms with Crippen molar-refractivity contribution < 1.29 is 26.4 Å². The zero-order valence-electron chi connectivity index (χ0n) is 8.74. The van der Waals surface area contributed by atoms with Crippen LogP contribution in [0.1, 0.15) is 0 Å². The van der Waals surface area contributed by atoms with Gasteiger partial charge in [0.05, 0.1) is 0 Å². The standard InChI is InChI=1S/C6H4Cl.C5H5.2CO.Fe/c7-6-4-2-1-3-5-6;1-2-4-5-3-1;2*1-2;/h2-5H;1-5H;;;/q2*-1;;;+6. The molecule has 84 valence electrons. The van der Waals surface area contributed by atoms with Gasteiger partial charge < -0.3 is 0 Å². The molecule has 2 rings (SSSR count). The molecule has 0 aliphatic heterocycles. The first kappa shape index (κ1) is 21.2. The largest absolute Gasteiger partial charge is 6.00 e. The van der Waals surface area contributed by atoms with Gasteiger partial charge in [-0.2, -0.15) is 48.5 Å². The van der Waals surface area contributed by atoms with Crippen LogP contribution < -0.4 is 0 Å². The Bertz CT molecular complexity index is 331. The fraction of sp³-hybridized carbons (Fsp3) is 0. The van der Waals surface area contributed by atoms with Gasteiger partial charge in [-0.25, -0.2) is 12.1 Å². The predicted molar refractivity (Wildman–Crippen MR) is 60.2 cm³/mol. The van der Waals surface area contributed by atoms with E-state index in [9.17, 15) is 0 Å². The van der Waals surface area contributed by atoms with Crippen LogP contribution in [-0.2, 0) is 26.4 Å². The van der Waals surface area contributed by atoms with Crippen LogP contribution in [0.2, 0.25) is 5.02 Å². The zero-order chi connectivity index (χ0) is 12.6. The monoisotopic (exact) mass is 288 g/mol. The SMILES string of the molecule is Clc1cc[c-]cc1.[C-]#[O+].[C-]#[O+].[Fe+6].c1cc[cH-]c1. The maximum absolute atomic E-state index is 7.50. The van der Waals surface area contributed by atoms with Crippen LogP contribution in [-0.4, -0.2) is 0 Å². The second-order valence-electron chi connectivity index (χ2n) is 2.18. The van der Waals surface area contributed by atoms with Crippen molar-refractivity contribution in [2.45, 2.75) is 0 Å². The first-order valence-corrected chi connectivity index (χ1v) is 4.46. The van der Waals surface area contributed by atoms with Crippen LogP contribution in [0, 0.1) is 19.4 Å². The van der Waals surface area contributed by atoms with Crippen molar-refractivity contribution in [2.75, 3.05) is 0 Å². The molecule has 4 heteroatoms. The van der Waals surface area contributed by atoms with Crippen molar-refractivity contribution in [3.8, 4) is 0 Å². The minimum absolute atomic E-state index is 0. The van der Waals surface area contributed by atoms with Gasteiger partial charge in [0.1, 0.15) is 0 Å². The molecule has 2 nitrogen and oxygen atoms in total. The normalized spacial score (nSPS) is 6.18. The summed E-state index contributed by atoms with van der Waals surface area (Å²) in [4.78, 5) is 0. The molecular weight excluding hydrogens is 279 g/mol. The van der Waals surface area contributed by atoms with E-state index in [4.69, 9.17) is 20.9 Å². The average molecular weight is 289 g/mol. The van der Waals surface area contributed by atoms with Crippen LogP contribution in [0.25, 0.3) is 0 Å². The van der Waals surface area contributed by atoms with Gasteiger partial charge in [-0.15, -0.1) is 11.6 Å². The molecule has 2 aromatic carbocycles. The summed E-state index contributed by atoms with van der Waals surface area (Å²) >= 11 is 5.52. The summed E-state index contributed by atoms with van der Waals surface area (Å²) in [6, 6.07) is 20.0. The van der Waals surface area contributed by atoms with Gasteiger partial charge in [-0.1, -0.05) is 5.02 Å². The molecule has 17 heavy (non-hydrogen) atoms. The zero-order valence-corrected chi connectivity index (χ0v) is 10.6. The molecule has 2 aromatic rings. The van der Waals surface area contributed by atoms with Gasteiger partial charge in [-0.05, 0) is 0 Å². The topological polar surface area (TPSA) is 39.8 Å². The van der Waals surface area contributed by atoms with E-state index < -0.39 is 0 Å². The molecule has 0 unspecified atom stereocenters. The van der Waals surface area contributed by atoms with Gasteiger partial charge in [0.2, 0.25) is 0 Å². The van der Waals surface area contributed by atoms with Crippen molar-refractivity contribution in [1.29, 1.82) is 0 Å². The van der Waals surface area contributed by atoms with E-state index in [1.54, 1.807) is 24.3 Å². The molecule has 0 aliphatic carbocycles. The molecule has 0 atom stereocenters. The first-order valence-electron chi connectivity index (χ1n) is 4.09. The third-order valence-electron chi connectivity index (χ3n) is 1.23. The second-order valence-corrected chi connectivity index (χ2v) is 2.62. The Balaban J connectivity index is -0.000000175. The maximum Gasteiger partial charge on any atom is 6.00 e. The summed E-state index contributed by atoms with van der Waals surface area (Å²) in [5, 5.41) is 0.763. The summed E-state index contributed by atoms with van der Waals surface area (Å²) in [7, 11) is 0. The van der Waals surface area contributed by atoms with Gasteiger partial charge in [0.15, 0.2) is 0 Å². The van der Waals surface area contributed by atoms with E-state index >= 15 is 0 Å². The Labute approximate surface area is 117 Å². The van der Waals surface area contributed by atoms with E-state index in [1.165, 1.54) is 0 Å². The number of benzene rings is 1. The summed E-state index contributed by atoms with van der Waals surface area (Å²) in [6.07, 6.45) is 0. The Morgan fingerprint density at radius 2 is 1.41 bits per heavy atom. The Morgan fingerprint density at radius 3 is 1.59 bits per heavy atom. The van der Waals surface area contributed by atoms with Crippen LogP contribution in [0.3, 0.4) is 0 Å². The Kier molecular flexibility index (Phi) is 25.3. The molecule has 0 aromatic heterocycles. The quantitative estimate of drug-likeness (QED) is 0.405. The minimum Gasteiger partial charge on any atom is -0.214 e. The first-order chi connectivity index (χ1) is 7.89. The summed E-state index contributed by atoms with van der Waals surface area (Å²) in [5.41, 5.74) is 0. The molecular formula is C13H9ClFeO2+4. The van der Waals surface area contributed by atoms with E-state index in [0.717, 1.165) is 5.02 Å². The molecule has 0 amide bonds. The number of hydrogen-bond donors (Lipinski definition) is 0. The number of rotatable bonds is 0. The van der Waals surface area contributed by atoms with Crippen LogP contribution in [0.15, 0.2) is 54.6 Å². The Hall–Kier alpha value is -1.14. The molecule has 0 radical (unpaired) electrons. The van der Waals surface area contributed by atoms with E-state index in [2.05, 4.69) is 19.4 Å². The van der Waals surface area contributed by atoms with E-state index in [-0.39, 0.29) is 17.1 Å². The third-order valence-corrected chi connectivity index (χ3v) is 1.49. The smallest absolute Gasteiger partial charge is 0.214 e. The minimum atomic E-state index is 0. The average Bonchev–Trinajstić information content (AvgIpc) is 2.94. The summed E-state index contributed by atoms with van der Waals surface area (Å²) in [6.45, 7) is 9.00. The fourth-order valence-corrected chi connectivity index (χ4v) is 0.813. The van der Waals surface area contributed by atoms with Gasteiger partial charge in [-0.3, -0.25) is 0 Å². The molecule has 0 N–H and O–H groups in total. The van der Waals surface area contributed by atoms with Crippen molar-refractivity contribution in [1.82, 2.24) is 0 Å². The van der Waals surface area contributed by atoms with Crippen LogP contribution >= 0.6 is 11.6 Å². The van der Waals surface area contributed by atoms with Crippen molar-refractivity contribution in [2.24, 2.45) is 0 Å². The number of halogens is 1. The van der Waals surface area contributed by atoms with E-state index in [0.29, 0.717) is 0 Å². The molecule has 0 fully saturated rings. The van der Waals surface area contributed by atoms with Crippen molar-refractivity contribution in [3.63, 3.8) is 0 Å². The van der Waals surface area contributed by atoms with Crippen LogP contribution in [0.4, 0.5) is 0 Å². The molecule has 0 aliphatic rings. The predicted octanol–water partition coefficient (Wildman–Crippen LogP) is 3.47. The third kappa shape index (κ3) is 17.5. The van der Waals surface area contributed by atoms with Crippen molar-refractivity contribution in [3.05, 3.63) is 79.0 Å². The molecule has 0 saturated carbocycles. The van der Waals surface area contributed by atoms with Crippen LogP contribution in [0.5, 0.6) is 0 Å². The number of hydrogen-bond acceptors (Lipinski definition) is 0. The summed E-state index contributed by atoms with van der Waals surface area (Å²) < 4.78 is 15.0. The second kappa shape index (κ2) is 20.3. The maximum atomic E-state index is 7.50. The molecule has 0 saturated heterocycles. The summed E-state index contributed by atoms with van der Waals surface area (Å²) in [5.74, 6) is 0. The molecule has 0 bridgehead atoms. The van der Waals surface area contributed by atoms with Gasteiger partial charge in [0.25, 0.3) is 0 Å². The van der Waals surface area contributed by atoms with E-state index in [1.807, 2.05) is 30.3 Å². The molecule has 0 heterocycles. The fourth-order valence-electron chi connectivity index (χ4n) is 0.687. The molecule has 0 spiro atoms. The van der Waals surface area contributed by atoms with Crippen molar-refractivity contribution >= 4 is 11.6 Å². The Morgan fingerprint density at radius 1 is 1.00 bits per heavy atom. The van der Waals surface area contributed by atoms with Gasteiger partial charge in [0, 0.05) is 0 Å². The van der Waals surface area contributed by atoms with Gasteiger partial charge >= 0.3 is 39.7 Å².